The molecule has 1 fully saturated rings. The standard InChI is InChI=1S/C19H32N4O/c1-4-20-19(21-11-8-16-9-12-23(2)13-10-16)22-15-17-6-5-7-18(14-17)24-3/h5-7,14,16H,4,8-13,15H2,1-3H3,(H2,20,21,22). The predicted molar refractivity (Wildman–Crippen MR) is 101 cm³/mol. The van der Waals surface area contributed by atoms with Crippen LogP contribution in [0.4, 0.5) is 0 Å². The first-order valence-electron chi connectivity index (χ1n) is 9.05. The summed E-state index contributed by atoms with van der Waals surface area (Å²) < 4.78 is 5.27. The topological polar surface area (TPSA) is 48.9 Å². The van der Waals surface area contributed by atoms with Crippen molar-refractivity contribution < 1.29 is 4.74 Å². The van der Waals surface area contributed by atoms with Crippen LogP contribution in [0.1, 0.15) is 31.7 Å². The van der Waals surface area contributed by atoms with Gasteiger partial charge in [0.25, 0.3) is 0 Å². The number of rotatable bonds is 7. The third-order valence-corrected chi connectivity index (χ3v) is 4.58. The zero-order valence-electron chi connectivity index (χ0n) is 15.3. The van der Waals surface area contributed by atoms with Crippen molar-refractivity contribution in [2.75, 3.05) is 40.3 Å². The van der Waals surface area contributed by atoms with E-state index in [4.69, 9.17) is 4.74 Å². The van der Waals surface area contributed by atoms with Gasteiger partial charge in [-0.15, -0.1) is 0 Å². The molecule has 0 radical (unpaired) electrons. The molecule has 0 bridgehead atoms. The molecule has 0 unspecified atom stereocenters. The van der Waals surface area contributed by atoms with Crippen molar-refractivity contribution in [1.29, 1.82) is 0 Å². The molecule has 0 aromatic heterocycles. The molecule has 0 spiro atoms. The average Bonchev–Trinajstić information content (AvgIpc) is 2.61. The molecule has 1 aromatic rings. The fourth-order valence-corrected chi connectivity index (χ4v) is 3.03. The molecule has 5 heteroatoms. The lowest BCUT2D eigenvalue weighted by Crippen LogP contribution is -2.39. The van der Waals surface area contributed by atoms with Crippen molar-refractivity contribution in [1.82, 2.24) is 15.5 Å². The van der Waals surface area contributed by atoms with Crippen LogP contribution in [0, 0.1) is 5.92 Å². The highest BCUT2D eigenvalue weighted by atomic mass is 16.5. The van der Waals surface area contributed by atoms with Gasteiger partial charge in [-0.05, 0) is 69.9 Å². The van der Waals surface area contributed by atoms with Crippen LogP contribution < -0.4 is 15.4 Å². The Morgan fingerprint density at radius 1 is 1.29 bits per heavy atom. The second-order valence-electron chi connectivity index (χ2n) is 6.51. The summed E-state index contributed by atoms with van der Waals surface area (Å²) in [6.07, 6.45) is 3.85. The molecule has 2 rings (SSSR count). The Kier molecular flexibility index (Phi) is 7.89. The van der Waals surface area contributed by atoms with Gasteiger partial charge < -0.3 is 20.3 Å². The zero-order valence-corrected chi connectivity index (χ0v) is 15.3. The Morgan fingerprint density at radius 3 is 2.79 bits per heavy atom. The second kappa shape index (κ2) is 10.2. The maximum atomic E-state index is 5.27. The summed E-state index contributed by atoms with van der Waals surface area (Å²) in [4.78, 5) is 7.10. The van der Waals surface area contributed by atoms with Crippen LogP contribution in [0.3, 0.4) is 0 Å². The molecule has 0 aliphatic carbocycles. The molecule has 134 valence electrons. The Morgan fingerprint density at radius 2 is 2.08 bits per heavy atom. The van der Waals surface area contributed by atoms with E-state index in [1.807, 2.05) is 18.2 Å². The van der Waals surface area contributed by atoms with E-state index in [0.717, 1.165) is 36.3 Å². The SMILES string of the molecule is CCNC(=NCc1cccc(OC)c1)NCCC1CCN(C)CC1. The van der Waals surface area contributed by atoms with Gasteiger partial charge in [0.2, 0.25) is 0 Å². The van der Waals surface area contributed by atoms with E-state index < -0.39 is 0 Å². The minimum absolute atomic E-state index is 0.654. The van der Waals surface area contributed by atoms with Crippen LogP contribution in [0.15, 0.2) is 29.3 Å². The molecule has 1 aliphatic heterocycles. The number of aliphatic imine (C=N–C) groups is 1. The molecule has 1 aromatic carbocycles. The van der Waals surface area contributed by atoms with Crippen LogP contribution in [0.25, 0.3) is 0 Å². The predicted octanol–water partition coefficient (Wildman–Crippen LogP) is 2.48. The molecule has 5 nitrogen and oxygen atoms in total. The normalized spacial score (nSPS) is 16.9. The number of likely N-dealkylation sites (tertiary alicyclic amines) is 1. The number of piperidine rings is 1. The Labute approximate surface area is 146 Å². The maximum absolute atomic E-state index is 5.27. The number of nitrogens with zero attached hydrogens (tertiary/aromatic N) is 2. The average molecular weight is 332 g/mol. The van der Waals surface area contributed by atoms with E-state index in [1.54, 1.807) is 7.11 Å². The lowest BCUT2D eigenvalue weighted by atomic mass is 9.94. The molecule has 2 N–H and O–H groups in total. The largest absolute Gasteiger partial charge is 0.497 e. The summed E-state index contributed by atoms with van der Waals surface area (Å²) in [5, 5.41) is 6.80. The van der Waals surface area contributed by atoms with Crippen molar-refractivity contribution in [3.8, 4) is 5.75 Å². The molecule has 0 saturated carbocycles. The van der Waals surface area contributed by atoms with Gasteiger partial charge in [0, 0.05) is 13.1 Å². The minimum atomic E-state index is 0.654. The van der Waals surface area contributed by atoms with Gasteiger partial charge in [0.15, 0.2) is 5.96 Å². The van der Waals surface area contributed by atoms with Crippen LogP contribution in [-0.2, 0) is 6.54 Å². The quantitative estimate of drug-likeness (QED) is 0.595. The fraction of sp³-hybridized carbons (Fsp3) is 0.632. The van der Waals surface area contributed by atoms with E-state index in [2.05, 4.69) is 40.6 Å². The lowest BCUT2D eigenvalue weighted by Gasteiger charge is -2.29. The van der Waals surface area contributed by atoms with Gasteiger partial charge in [-0.25, -0.2) is 4.99 Å². The number of ether oxygens (including phenoxy) is 1. The third kappa shape index (κ3) is 6.40. The highest BCUT2D eigenvalue weighted by molar-refractivity contribution is 5.79. The van der Waals surface area contributed by atoms with E-state index in [-0.39, 0.29) is 0 Å². The van der Waals surface area contributed by atoms with E-state index in [1.165, 1.54) is 32.4 Å². The van der Waals surface area contributed by atoms with Crippen molar-refractivity contribution in [2.24, 2.45) is 10.9 Å². The van der Waals surface area contributed by atoms with Gasteiger partial charge in [-0.2, -0.15) is 0 Å². The number of hydrogen-bond donors (Lipinski definition) is 2. The van der Waals surface area contributed by atoms with Crippen LogP contribution in [0.2, 0.25) is 0 Å². The Bertz CT molecular complexity index is 510. The lowest BCUT2D eigenvalue weighted by molar-refractivity contribution is 0.213. The number of methoxy groups -OCH3 is 1. The first-order valence-corrected chi connectivity index (χ1v) is 9.05. The van der Waals surface area contributed by atoms with Gasteiger partial charge in [0.05, 0.1) is 13.7 Å². The van der Waals surface area contributed by atoms with Gasteiger partial charge in [0.1, 0.15) is 5.75 Å². The zero-order chi connectivity index (χ0) is 17.2. The summed E-state index contributed by atoms with van der Waals surface area (Å²) in [7, 11) is 3.90. The van der Waals surface area contributed by atoms with Crippen molar-refractivity contribution in [3.05, 3.63) is 29.8 Å². The van der Waals surface area contributed by atoms with Crippen molar-refractivity contribution in [3.63, 3.8) is 0 Å². The van der Waals surface area contributed by atoms with E-state index in [0.29, 0.717) is 6.54 Å². The molecule has 1 saturated heterocycles. The number of benzene rings is 1. The van der Waals surface area contributed by atoms with E-state index >= 15 is 0 Å². The van der Waals surface area contributed by atoms with Gasteiger partial charge in [-0.1, -0.05) is 12.1 Å². The van der Waals surface area contributed by atoms with Gasteiger partial charge >= 0.3 is 0 Å². The summed E-state index contributed by atoms with van der Waals surface area (Å²) in [6, 6.07) is 8.07. The molecular weight excluding hydrogens is 300 g/mol. The van der Waals surface area contributed by atoms with Gasteiger partial charge in [-0.3, -0.25) is 0 Å². The molecule has 24 heavy (non-hydrogen) atoms. The van der Waals surface area contributed by atoms with Crippen LogP contribution >= 0.6 is 0 Å². The molecule has 1 aliphatic rings. The van der Waals surface area contributed by atoms with E-state index in [9.17, 15) is 0 Å². The number of hydrogen-bond acceptors (Lipinski definition) is 3. The summed E-state index contributed by atoms with van der Waals surface area (Å²) >= 11 is 0. The first-order chi connectivity index (χ1) is 11.7. The first kappa shape index (κ1) is 18.6. The Hall–Kier alpha value is -1.75. The molecule has 0 amide bonds. The van der Waals surface area contributed by atoms with Crippen LogP contribution in [-0.4, -0.2) is 51.2 Å². The molecular formula is C19H32N4O. The third-order valence-electron chi connectivity index (χ3n) is 4.58. The summed E-state index contributed by atoms with van der Waals surface area (Å²) in [6.45, 7) is 7.07. The van der Waals surface area contributed by atoms with Crippen molar-refractivity contribution >= 4 is 5.96 Å². The fourth-order valence-electron chi connectivity index (χ4n) is 3.03. The smallest absolute Gasteiger partial charge is 0.191 e. The molecule has 1 heterocycles. The monoisotopic (exact) mass is 332 g/mol. The highest BCUT2D eigenvalue weighted by Crippen LogP contribution is 2.18. The minimum Gasteiger partial charge on any atom is -0.497 e. The maximum Gasteiger partial charge on any atom is 0.191 e. The van der Waals surface area contributed by atoms with Crippen LogP contribution in [0.5, 0.6) is 5.75 Å². The Balaban J connectivity index is 1.79. The highest BCUT2D eigenvalue weighted by Gasteiger charge is 2.16. The number of guanidine groups is 1. The second-order valence-corrected chi connectivity index (χ2v) is 6.51. The van der Waals surface area contributed by atoms with Crippen molar-refractivity contribution in [2.45, 2.75) is 32.7 Å². The summed E-state index contributed by atoms with van der Waals surface area (Å²) in [5.74, 6) is 2.62. The summed E-state index contributed by atoms with van der Waals surface area (Å²) in [5.41, 5.74) is 1.15. The number of nitrogens with one attached hydrogen (secondary N) is 2. The molecule has 0 atom stereocenters.